The fraction of sp³-hybridized carbons (Fsp3) is 0.192. The van der Waals surface area contributed by atoms with Crippen molar-refractivity contribution in [3.05, 3.63) is 88.5 Å². The second-order valence-electron chi connectivity index (χ2n) is 7.64. The smallest absolute Gasteiger partial charge is 0.263 e. The Balaban J connectivity index is 1.58. The standard InChI is InChI=1S/C26H25N3O3S2/c1-4-14-29-25(31)23-20(18-10-6-5-7-11-18)16-33-24(23)27-26(29)34-17-22(30)28(2)15-19-12-8-9-13-21(19)32-3/h4-13,16H,1,14-15,17H2,2-3H3. The van der Waals surface area contributed by atoms with E-state index in [-0.39, 0.29) is 17.2 Å². The van der Waals surface area contributed by atoms with Gasteiger partial charge in [-0.25, -0.2) is 4.98 Å². The summed E-state index contributed by atoms with van der Waals surface area (Å²) in [5.41, 5.74) is 2.66. The van der Waals surface area contributed by atoms with Crippen LogP contribution in [0.3, 0.4) is 0 Å². The number of ether oxygens (including phenoxy) is 1. The molecule has 0 aliphatic heterocycles. The van der Waals surface area contributed by atoms with Gasteiger partial charge in [-0.1, -0.05) is 66.4 Å². The molecule has 0 saturated carbocycles. The first-order chi connectivity index (χ1) is 16.5. The Morgan fingerprint density at radius 2 is 1.94 bits per heavy atom. The van der Waals surface area contributed by atoms with Crippen LogP contribution < -0.4 is 10.3 Å². The number of carbonyl (C=O) groups excluding carboxylic acids is 1. The van der Waals surface area contributed by atoms with Gasteiger partial charge >= 0.3 is 0 Å². The van der Waals surface area contributed by atoms with E-state index in [1.165, 1.54) is 23.1 Å². The second kappa shape index (κ2) is 10.7. The lowest BCUT2D eigenvalue weighted by molar-refractivity contribution is -0.127. The van der Waals surface area contributed by atoms with Gasteiger partial charge in [0, 0.05) is 36.6 Å². The molecule has 0 N–H and O–H groups in total. The number of hydrogen-bond acceptors (Lipinski definition) is 6. The molecular formula is C26H25N3O3S2. The van der Waals surface area contributed by atoms with Crippen molar-refractivity contribution in [2.45, 2.75) is 18.2 Å². The topological polar surface area (TPSA) is 64.4 Å². The van der Waals surface area contributed by atoms with Crippen LogP contribution in [-0.2, 0) is 17.9 Å². The minimum Gasteiger partial charge on any atom is -0.496 e. The Bertz CT molecular complexity index is 1380. The highest BCUT2D eigenvalue weighted by Crippen LogP contribution is 2.32. The quantitative estimate of drug-likeness (QED) is 0.186. The van der Waals surface area contributed by atoms with Gasteiger partial charge < -0.3 is 9.64 Å². The van der Waals surface area contributed by atoms with Crippen molar-refractivity contribution in [3.8, 4) is 16.9 Å². The third-order valence-electron chi connectivity index (χ3n) is 5.41. The van der Waals surface area contributed by atoms with E-state index < -0.39 is 0 Å². The Kier molecular flexibility index (Phi) is 7.49. The van der Waals surface area contributed by atoms with E-state index in [2.05, 4.69) is 6.58 Å². The van der Waals surface area contributed by atoms with E-state index in [0.717, 1.165) is 22.4 Å². The van der Waals surface area contributed by atoms with Crippen LogP contribution in [0.1, 0.15) is 5.56 Å². The molecule has 2 aromatic heterocycles. The molecule has 1 amide bonds. The van der Waals surface area contributed by atoms with Gasteiger partial charge in [-0.15, -0.1) is 17.9 Å². The number of benzene rings is 2. The fourth-order valence-corrected chi connectivity index (χ4v) is 5.59. The van der Waals surface area contributed by atoms with E-state index in [1.807, 2.05) is 60.0 Å². The van der Waals surface area contributed by atoms with Crippen LogP contribution in [0.15, 0.2) is 82.6 Å². The highest BCUT2D eigenvalue weighted by atomic mass is 32.2. The molecule has 0 unspecified atom stereocenters. The predicted molar refractivity (Wildman–Crippen MR) is 140 cm³/mol. The number of amides is 1. The van der Waals surface area contributed by atoms with E-state index in [0.29, 0.717) is 28.5 Å². The number of carbonyl (C=O) groups is 1. The summed E-state index contributed by atoms with van der Waals surface area (Å²) >= 11 is 2.70. The lowest BCUT2D eigenvalue weighted by atomic mass is 10.1. The number of fused-ring (bicyclic) bond motifs is 1. The summed E-state index contributed by atoms with van der Waals surface area (Å²) in [4.78, 5) is 33.4. The molecule has 0 aliphatic rings. The number of thiophene rings is 1. The van der Waals surface area contributed by atoms with E-state index in [9.17, 15) is 9.59 Å². The van der Waals surface area contributed by atoms with E-state index in [4.69, 9.17) is 9.72 Å². The number of methoxy groups -OCH3 is 1. The molecular weight excluding hydrogens is 466 g/mol. The van der Waals surface area contributed by atoms with Gasteiger partial charge in [0.25, 0.3) is 5.56 Å². The summed E-state index contributed by atoms with van der Waals surface area (Å²) in [6.07, 6.45) is 1.67. The molecule has 0 spiro atoms. The van der Waals surface area contributed by atoms with E-state index in [1.54, 1.807) is 29.7 Å². The van der Waals surface area contributed by atoms with Gasteiger partial charge in [-0.2, -0.15) is 0 Å². The van der Waals surface area contributed by atoms with Crippen LogP contribution in [0.5, 0.6) is 5.75 Å². The lowest BCUT2D eigenvalue weighted by Crippen LogP contribution is -2.29. The van der Waals surface area contributed by atoms with Gasteiger partial charge in [0.05, 0.1) is 18.2 Å². The molecule has 0 saturated heterocycles. The first-order valence-electron chi connectivity index (χ1n) is 10.7. The van der Waals surface area contributed by atoms with Crippen LogP contribution in [-0.4, -0.2) is 40.3 Å². The summed E-state index contributed by atoms with van der Waals surface area (Å²) in [5.74, 6) is 0.845. The average molecular weight is 492 g/mol. The zero-order valence-electron chi connectivity index (χ0n) is 19.1. The van der Waals surface area contributed by atoms with Crippen molar-refractivity contribution in [1.29, 1.82) is 0 Å². The molecule has 4 aromatic rings. The monoisotopic (exact) mass is 491 g/mol. The first kappa shape index (κ1) is 23.8. The molecule has 0 atom stereocenters. The summed E-state index contributed by atoms with van der Waals surface area (Å²) < 4.78 is 6.98. The van der Waals surface area contributed by atoms with Gasteiger partial charge in [0.15, 0.2) is 5.16 Å². The number of hydrogen-bond donors (Lipinski definition) is 0. The fourth-order valence-electron chi connectivity index (χ4n) is 3.65. The Morgan fingerprint density at radius 3 is 2.68 bits per heavy atom. The Labute approximate surface area is 206 Å². The maximum absolute atomic E-state index is 13.4. The molecule has 34 heavy (non-hydrogen) atoms. The number of thioether (sulfide) groups is 1. The molecule has 2 heterocycles. The minimum absolute atomic E-state index is 0.0634. The van der Waals surface area contributed by atoms with Gasteiger partial charge in [0.1, 0.15) is 10.6 Å². The van der Waals surface area contributed by atoms with Crippen molar-refractivity contribution in [3.63, 3.8) is 0 Å². The summed E-state index contributed by atoms with van der Waals surface area (Å²) in [5, 5.41) is 3.08. The van der Waals surface area contributed by atoms with Crippen LogP contribution in [0, 0.1) is 0 Å². The van der Waals surface area contributed by atoms with E-state index >= 15 is 0 Å². The molecule has 0 radical (unpaired) electrons. The predicted octanol–water partition coefficient (Wildman–Crippen LogP) is 5.07. The molecule has 2 aromatic carbocycles. The molecule has 174 valence electrons. The van der Waals surface area contributed by atoms with Crippen LogP contribution >= 0.6 is 23.1 Å². The molecule has 8 heteroatoms. The molecule has 0 aliphatic carbocycles. The lowest BCUT2D eigenvalue weighted by Gasteiger charge is -2.19. The maximum atomic E-state index is 13.4. The van der Waals surface area contributed by atoms with Crippen molar-refractivity contribution < 1.29 is 9.53 Å². The molecule has 6 nitrogen and oxygen atoms in total. The Morgan fingerprint density at radius 1 is 1.21 bits per heavy atom. The molecule has 4 rings (SSSR count). The number of para-hydroxylation sites is 1. The third kappa shape index (κ3) is 4.93. The van der Waals surface area contributed by atoms with Crippen LogP contribution in [0.4, 0.5) is 0 Å². The van der Waals surface area contributed by atoms with Crippen molar-refractivity contribution in [2.75, 3.05) is 19.9 Å². The summed E-state index contributed by atoms with van der Waals surface area (Å²) in [6.45, 7) is 4.54. The number of aromatic nitrogens is 2. The van der Waals surface area contributed by atoms with Crippen molar-refractivity contribution in [2.24, 2.45) is 0 Å². The Hall–Kier alpha value is -3.36. The number of nitrogens with zero attached hydrogens (tertiary/aromatic N) is 3. The zero-order chi connectivity index (χ0) is 24.1. The maximum Gasteiger partial charge on any atom is 0.263 e. The summed E-state index contributed by atoms with van der Waals surface area (Å²) in [6, 6.07) is 17.4. The minimum atomic E-state index is -0.123. The zero-order valence-corrected chi connectivity index (χ0v) is 20.7. The highest BCUT2D eigenvalue weighted by molar-refractivity contribution is 7.99. The first-order valence-corrected chi connectivity index (χ1v) is 12.6. The molecule has 0 fully saturated rings. The second-order valence-corrected chi connectivity index (χ2v) is 9.45. The SMILES string of the molecule is C=CCn1c(SCC(=O)N(C)Cc2ccccc2OC)nc2scc(-c3ccccc3)c2c1=O. The van der Waals surface area contributed by atoms with Crippen LogP contribution in [0.2, 0.25) is 0 Å². The number of allylic oxidation sites excluding steroid dienone is 1. The summed E-state index contributed by atoms with van der Waals surface area (Å²) in [7, 11) is 3.37. The van der Waals surface area contributed by atoms with Crippen molar-refractivity contribution in [1.82, 2.24) is 14.5 Å². The van der Waals surface area contributed by atoms with Gasteiger partial charge in [-0.3, -0.25) is 14.2 Å². The third-order valence-corrected chi connectivity index (χ3v) is 7.24. The van der Waals surface area contributed by atoms with Crippen molar-refractivity contribution >= 4 is 39.2 Å². The average Bonchev–Trinajstić information content (AvgIpc) is 3.29. The molecule has 0 bridgehead atoms. The normalized spacial score (nSPS) is 10.9. The van der Waals surface area contributed by atoms with Crippen LogP contribution in [0.25, 0.3) is 21.3 Å². The van der Waals surface area contributed by atoms with Gasteiger partial charge in [0.2, 0.25) is 5.91 Å². The largest absolute Gasteiger partial charge is 0.496 e. The number of rotatable bonds is 9. The highest BCUT2D eigenvalue weighted by Gasteiger charge is 2.19. The van der Waals surface area contributed by atoms with Gasteiger partial charge in [-0.05, 0) is 11.6 Å².